The summed E-state index contributed by atoms with van der Waals surface area (Å²) in [7, 11) is 1.37. The highest BCUT2D eigenvalue weighted by molar-refractivity contribution is 9.10. The minimum Gasteiger partial charge on any atom is -0.398 e. The van der Waals surface area contributed by atoms with Gasteiger partial charge in [-0.3, -0.25) is 9.48 Å². The summed E-state index contributed by atoms with van der Waals surface area (Å²) >= 11 is 3.29. The Bertz CT molecular complexity index is 1120. The average molecular weight is 495 g/mol. The van der Waals surface area contributed by atoms with Crippen molar-refractivity contribution in [2.45, 2.75) is 31.5 Å². The van der Waals surface area contributed by atoms with Crippen molar-refractivity contribution in [2.24, 2.45) is 7.05 Å². The van der Waals surface area contributed by atoms with Gasteiger partial charge in [0.15, 0.2) is 5.69 Å². The summed E-state index contributed by atoms with van der Waals surface area (Å²) in [5.41, 5.74) is 5.46. The molecule has 11 heteroatoms. The van der Waals surface area contributed by atoms with Crippen LogP contribution in [0.3, 0.4) is 0 Å². The molecule has 0 aliphatic heterocycles. The monoisotopic (exact) mass is 494 g/mol. The van der Waals surface area contributed by atoms with E-state index < -0.39 is 17.8 Å². The number of nitrogens with two attached hydrogens (primary N) is 1. The minimum atomic E-state index is -4.74. The Balaban J connectivity index is 1.75. The zero-order valence-corrected chi connectivity index (χ0v) is 18.0. The van der Waals surface area contributed by atoms with Crippen LogP contribution in [0.1, 0.15) is 46.2 Å². The van der Waals surface area contributed by atoms with Gasteiger partial charge in [-0.05, 0) is 46.5 Å². The van der Waals surface area contributed by atoms with Crippen LogP contribution in [-0.2, 0) is 19.8 Å². The first-order valence-electron chi connectivity index (χ1n) is 9.42. The lowest BCUT2D eigenvalue weighted by molar-refractivity contribution is -0.140. The van der Waals surface area contributed by atoms with E-state index in [1.54, 1.807) is 18.2 Å². The Morgan fingerprint density at radius 2 is 1.97 bits per heavy atom. The molecule has 1 fully saturated rings. The van der Waals surface area contributed by atoms with Gasteiger partial charge in [-0.2, -0.15) is 18.3 Å². The van der Waals surface area contributed by atoms with E-state index in [0.29, 0.717) is 27.5 Å². The molecule has 31 heavy (non-hydrogen) atoms. The molecule has 0 bridgehead atoms. The maximum absolute atomic E-state index is 13.6. The van der Waals surface area contributed by atoms with Crippen LogP contribution in [-0.4, -0.2) is 25.7 Å². The van der Waals surface area contributed by atoms with E-state index in [-0.39, 0.29) is 17.8 Å². The molecule has 0 spiro atoms. The van der Waals surface area contributed by atoms with E-state index in [2.05, 4.69) is 31.0 Å². The van der Waals surface area contributed by atoms with Gasteiger partial charge in [0.25, 0.3) is 5.91 Å². The summed E-state index contributed by atoms with van der Waals surface area (Å²) in [4.78, 5) is 22.7. The first-order valence-corrected chi connectivity index (χ1v) is 10.2. The van der Waals surface area contributed by atoms with Crippen molar-refractivity contribution >= 4 is 33.2 Å². The fraction of sp³-hybridized carbons (Fsp3) is 0.300. The van der Waals surface area contributed by atoms with Gasteiger partial charge < -0.3 is 10.6 Å². The van der Waals surface area contributed by atoms with Crippen molar-refractivity contribution in [1.82, 2.24) is 19.7 Å². The van der Waals surface area contributed by atoms with Crippen LogP contribution >= 0.6 is 15.9 Å². The second-order valence-corrected chi connectivity index (χ2v) is 8.24. The van der Waals surface area contributed by atoms with Crippen molar-refractivity contribution in [3.63, 3.8) is 0 Å². The Hall–Kier alpha value is -2.95. The van der Waals surface area contributed by atoms with Crippen LogP contribution in [0.15, 0.2) is 41.3 Å². The summed E-state index contributed by atoms with van der Waals surface area (Å²) < 4.78 is 42.6. The highest BCUT2D eigenvalue weighted by Crippen LogP contribution is 2.38. The Morgan fingerprint density at radius 3 is 2.55 bits per heavy atom. The number of nitrogens with zero attached hydrogens (tertiary/aromatic N) is 5. The van der Waals surface area contributed by atoms with Gasteiger partial charge in [0, 0.05) is 41.7 Å². The highest BCUT2D eigenvalue weighted by atomic mass is 79.9. The van der Waals surface area contributed by atoms with Gasteiger partial charge in [0.2, 0.25) is 0 Å². The Kier molecular flexibility index (Phi) is 5.46. The van der Waals surface area contributed by atoms with Crippen LogP contribution in [0.4, 0.5) is 24.5 Å². The van der Waals surface area contributed by atoms with Crippen LogP contribution in [0.2, 0.25) is 0 Å². The van der Waals surface area contributed by atoms with Crippen molar-refractivity contribution in [3.8, 4) is 0 Å². The minimum absolute atomic E-state index is 0.0893. The average Bonchev–Trinajstić information content (AvgIpc) is 3.49. The molecular formula is C20H18BrF3N6O. The first kappa shape index (κ1) is 21.3. The maximum atomic E-state index is 13.6. The number of hydrogen-bond donors (Lipinski definition) is 1. The zero-order chi connectivity index (χ0) is 22.3. The van der Waals surface area contributed by atoms with E-state index in [0.717, 1.165) is 22.4 Å². The molecule has 3 aromatic rings. The number of carbonyl (C=O) groups is 1. The lowest BCUT2D eigenvalue weighted by Gasteiger charge is -2.23. The lowest BCUT2D eigenvalue weighted by atomic mass is 10.1. The smallest absolute Gasteiger partial charge is 0.398 e. The molecule has 162 valence electrons. The van der Waals surface area contributed by atoms with Gasteiger partial charge in [0.1, 0.15) is 5.82 Å². The molecule has 0 unspecified atom stereocenters. The third-order valence-electron chi connectivity index (χ3n) is 4.88. The number of anilines is 2. The lowest BCUT2D eigenvalue weighted by Crippen LogP contribution is -2.32. The molecule has 2 heterocycles. The largest absolute Gasteiger partial charge is 0.437 e. The molecule has 0 saturated heterocycles. The van der Waals surface area contributed by atoms with Crippen LogP contribution in [0, 0.1) is 0 Å². The quantitative estimate of drug-likeness (QED) is 0.534. The second kappa shape index (κ2) is 7.95. The predicted molar refractivity (Wildman–Crippen MR) is 111 cm³/mol. The molecule has 1 aromatic carbocycles. The summed E-state index contributed by atoms with van der Waals surface area (Å²) in [6.45, 7) is -0.143. The van der Waals surface area contributed by atoms with E-state index in [4.69, 9.17) is 5.73 Å². The van der Waals surface area contributed by atoms with Gasteiger partial charge in [-0.1, -0.05) is 6.07 Å². The number of nitrogen functional groups attached to an aromatic ring is 1. The van der Waals surface area contributed by atoms with Gasteiger partial charge in [-0.25, -0.2) is 9.97 Å². The van der Waals surface area contributed by atoms with Gasteiger partial charge in [-0.15, -0.1) is 0 Å². The number of rotatable bonds is 5. The van der Waals surface area contributed by atoms with E-state index >= 15 is 0 Å². The highest BCUT2D eigenvalue weighted by Gasteiger charge is 2.40. The van der Waals surface area contributed by atoms with Crippen LogP contribution < -0.4 is 10.6 Å². The van der Waals surface area contributed by atoms with Crippen LogP contribution in [0.25, 0.3) is 0 Å². The molecule has 4 rings (SSSR count). The molecule has 1 amide bonds. The molecule has 2 aromatic heterocycles. The van der Waals surface area contributed by atoms with Crippen LogP contribution in [0.5, 0.6) is 0 Å². The normalized spacial score (nSPS) is 14.0. The molecular weight excluding hydrogens is 477 g/mol. The third kappa shape index (κ3) is 4.55. The fourth-order valence-corrected chi connectivity index (χ4v) is 3.42. The molecule has 0 radical (unpaired) electrons. The third-order valence-corrected chi connectivity index (χ3v) is 5.60. The molecule has 0 atom stereocenters. The van der Waals surface area contributed by atoms with E-state index in [1.165, 1.54) is 25.6 Å². The standard InChI is InChI=1S/C20H18BrF3N6O/c1-29-10-16(17(28-29)20(22,23)24)30(9-11-2-5-14(21)15(25)6-11)19(31)13-7-26-18(27-8-13)12-3-4-12/h2,5-8,10,12H,3-4,9,25H2,1H3. The molecule has 2 N–H and O–H groups in total. The van der Waals surface area contributed by atoms with Crippen molar-refractivity contribution in [3.05, 3.63) is 63.9 Å². The summed E-state index contributed by atoms with van der Waals surface area (Å²) in [5.74, 6) is 0.268. The summed E-state index contributed by atoms with van der Waals surface area (Å²) in [5, 5.41) is 3.53. The number of aryl methyl sites for hydroxylation is 1. The topological polar surface area (TPSA) is 89.9 Å². The van der Waals surface area contributed by atoms with Crippen molar-refractivity contribution in [2.75, 3.05) is 10.6 Å². The first-order chi connectivity index (χ1) is 14.6. The molecule has 7 nitrogen and oxygen atoms in total. The zero-order valence-electron chi connectivity index (χ0n) is 16.4. The summed E-state index contributed by atoms with van der Waals surface area (Å²) in [6, 6.07) is 4.95. The SMILES string of the molecule is Cn1cc(N(Cc2ccc(Br)c(N)c2)C(=O)c2cnc(C3CC3)nc2)c(C(F)(F)F)n1. The number of aromatic nitrogens is 4. The second-order valence-electron chi connectivity index (χ2n) is 7.39. The van der Waals surface area contributed by atoms with Gasteiger partial charge >= 0.3 is 6.18 Å². The number of halogens is 4. The van der Waals surface area contributed by atoms with E-state index in [1.807, 2.05) is 0 Å². The number of amides is 1. The molecule has 1 saturated carbocycles. The number of carbonyl (C=O) groups excluding carboxylic acids is 1. The number of benzene rings is 1. The number of hydrogen-bond acceptors (Lipinski definition) is 5. The maximum Gasteiger partial charge on any atom is 0.437 e. The predicted octanol–water partition coefficient (Wildman–Crippen LogP) is 4.30. The van der Waals surface area contributed by atoms with Crippen molar-refractivity contribution in [1.29, 1.82) is 0 Å². The van der Waals surface area contributed by atoms with Crippen molar-refractivity contribution < 1.29 is 18.0 Å². The number of alkyl halides is 3. The van der Waals surface area contributed by atoms with Gasteiger partial charge in [0.05, 0.1) is 17.8 Å². The Labute approximate surface area is 184 Å². The molecule has 1 aliphatic carbocycles. The molecule has 1 aliphatic rings. The fourth-order valence-electron chi connectivity index (χ4n) is 3.17. The van der Waals surface area contributed by atoms with E-state index in [9.17, 15) is 18.0 Å². The Morgan fingerprint density at radius 1 is 1.29 bits per heavy atom. The summed E-state index contributed by atoms with van der Waals surface area (Å²) in [6.07, 6.45) is 1.14.